The standard InChI is InChI=1S/C23H25Cl2N5O/c24-16-9-17(25)11-18(10-16)29-21(15-3-4-15)20(31)8-14-2-1-7-30(12-14)23-19-5-6-26-22(19)27-13-28-23/h5-6,9-11,13-15,21,29H,1-4,7-8,12H2,(H,26,27,28)/t14-,21+/m0/s1. The number of H-pyrrole nitrogens is 1. The Labute approximate surface area is 191 Å². The number of hydrogen-bond donors (Lipinski definition) is 2. The van der Waals surface area contributed by atoms with Crippen LogP contribution in [0.3, 0.4) is 0 Å². The van der Waals surface area contributed by atoms with E-state index in [2.05, 4.69) is 25.2 Å². The van der Waals surface area contributed by atoms with Gasteiger partial charge in [-0.2, -0.15) is 0 Å². The molecule has 1 aromatic carbocycles. The highest BCUT2D eigenvalue weighted by Crippen LogP contribution is 2.37. The van der Waals surface area contributed by atoms with E-state index in [-0.39, 0.29) is 11.8 Å². The summed E-state index contributed by atoms with van der Waals surface area (Å²) in [4.78, 5) is 27.6. The van der Waals surface area contributed by atoms with Gasteiger partial charge >= 0.3 is 0 Å². The number of nitrogens with zero attached hydrogens (tertiary/aromatic N) is 3. The minimum atomic E-state index is -0.180. The summed E-state index contributed by atoms with van der Waals surface area (Å²) >= 11 is 12.3. The highest BCUT2D eigenvalue weighted by molar-refractivity contribution is 6.35. The molecule has 1 aliphatic carbocycles. The van der Waals surface area contributed by atoms with E-state index in [0.717, 1.165) is 61.3 Å². The van der Waals surface area contributed by atoms with Crippen LogP contribution in [0.25, 0.3) is 11.0 Å². The van der Waals surface area contributed by atoms with Crippen molar-refractivity contribution in [3.8, 4) is 0 Å². The van der Waals surface area contributed by atoms with E-state index in [1.807, 2.05) is 24.4 Å². The molecule has 1 aliphatic heterocycles. The smallest absolute Gasteiger partial charge is 0.155 e. The Balaban J connectivity index is 1.28. The SMILES string of the molecule is O=C(C[C@@H]1CCCN(c2ncnc3[nH]ccc23)C1)[C@H](Nc1cc(Cl)cc(Cl)c1)C1CC1. The van der Waals surface area contributed by atoms with Crippen LogP contribution >= 0.6 is 23.2 Å². The number of anilines is 2. The molecule has 31 heavy (non-hydrogen) atoms. The van der Waals surface area contributed by atoms with Gasteiger partial charge < -0.3 is 15.2 Å². The number of halogens is 2. The molecule has 0 amide bonds. The lowest BCUT2D eigenvalue weighted by atomic mass is 9.89. The second-order valence-electron chi connectivity index (χ2n) is 8.68. The summed E-state index contributed by atoms with van der Waals surface area (Å²) in [6.45, 7) is 1.79. The molecule has 0 radical (unpaired) electrons. The molecule has 1 saturated carbocycles. The second-order valence-corrected chi connectivity index (χ2v) is 9.55. The van der Waals surface area contributed by atoms with Crippen molar-refractivity contribution in [2.75, 3.05) is 23.3 Å². The number of ketones is 1. The number of aromatic nitrogens is 3. The summed E-state index contributed by atoms with van der Waals surface area (Å²) < 4.78 is 0. The summed E-state index contributed by atoms with van der Waals surface area (Å²) in [6, 6.07) is 7.20. The maximum Gasteiger partial charge on any atom is 0.155 e. The fourth-order valence-electron chi connectivity index (χ4n) is 4.65. The Morgan fingerprint density at radius 3 is 2.77 bits per heavy atom. The van der Waals surface area contributed by atoms with Crippen molar-refractivity contribution in [3.05, 3.63) is 46.8 Å². The molecule has 0 unspecified atom stereocenters. The van der Waals surface area contributed by atoms with E-state index < -0.39 is 0 Å². The largest absolute Gasteiger partial charge is 0.375 e. The minimum Gasteiger partial charge on any atom is -0.375 e. The quantitative estimate of drug-likeness (QED) is 0.501. The van der Waals surface area contributed by atoms with Gasteiger partial charge in [-0.1, -0.05) is 23.2 Å². The molecule has 2 atom stereocenters. The zero-order valence-corrected chi connectivity index (χ0v) is 18.7. The lowest BCUT2D eigenvalue weighted by molar-refractivity contribution is -0.121. The van der Waals surface area contributed by atoms with Crippen molar-refractivity contribution in [1.29, 1.82) is 0 Å². The van der Waals surface area contributed by atoms with E-state index in [1.165, 1.54) is 0 Å². The lowest BCUT2D eigenvalue weighted by Crippen LogP contribution is -2.39. The number of fused-ring (bicyclic) bond motifs is 1. The first-order valence-electron chi connectivity index (χ1n) is 10.8. The van der Waals surface area contributed by atoms with Gasteiger partial charge in [0.15, 0.2) is 5.78 Å². The Hall–Kier alpha value is -2.31. The molecular formula is C23H25Cl2N5O. The lowest BCUT2D eigenvalue weighted by Gasteiger charge is -2.34. The molecule has 3 heterocycles. The number of rotatable bonds is 7. The summed E-state index contributed by atoms with van der Waals surface area (Å²) in [6.07, 6.45) is 8.35. The Kier molecular flexibility index (Phi) is 5.76. The zero-order valence-electron chi connectivity index (χ0n) is 17.2. The zero-order chi connectivity index (χ0) is 21.4. The molecule has 2 aromatic heterocycles. The molecular weight excluding hydrogens is 433 g/mol. The summed E-state index contributed by atoms with van der Waals surface area (Å²) in [7, 11) is 0. The molecule has 162 valence electrons. The van der Waals surface area contributed by atoms with Crippen molar-refractivity contribution in [3.63, 3.8) is 0 Å². The number of hydrogen-bond acceptors (Lipinski definition) is 5. The molecule has 2 N–H and O–H groups in total. The Morgan fingerprint density at radius 1 is 1.19 bits per heavy atom. The molecule has 0 spiro atoms. The van der Waals surface area contributed by atoms with E-state index in [1.54, 1.807) is 12.4 Å². The molecule has 2 fully saturated rings. The normalized spacial score (nSPS) is 20.1. The first-order chi connectivity index (χ1) is 15.1. The third-order valence-corrected chi connectivity index (χ3v) is 6.70. The monoisotopic (exact) mass is 457 g/mol. The molecule has 0 bridgehead atoms. The van der Waals surface area contributed by atoms with Crippen LogP contribution < -0.4 is 10.2 Å². The van der Waals surface area contributed by atoms with Gasteiger partial charge in [-0.3, -0.25) is 4.79 Å². The van der Waals surface area contributed by atoms with Crippen LogP contribution in [0.1, 0.15) is 32.1 Å². The molecule has 6 nitrogen and oxygen atoms in total. The third-order valence-electron chi connectivity index (χ3n) is 6.27. The van der Waals surface area contributed by atoms with E-state index >= 15 is 0 Å². The number of carbonyl (C=O) groups is 1. The fraction of sp³-hybridized carbons (Fsp3) is 0.435. The summed E-state index contributed by atoms with van der Waals surface area (Å²) in [5, 5.41) is 5.59. The second kappa shape index (κ2) is 8.67. The number of nitrogens with one attached hydrogen (secondary N) is 2. The molecule has 5 rings (SSSR count). The number of aromatic amines is 1. The third kappa shape index (κ3) is 4.65. The van der Waals surface area contributed by atoms with Crippen molar-refractivity contribution in [2.24, 2.45) is 11.8 Å². The number of piperidine rings is 1. The minimum absolute atomic E-state index is 0.180. The molecule has 1 saturated heterocycles. The summed E-state index contributed by atoms with van der Waals surface area (Å²) in [5.41, 5.74) is 1.66. The Bertz CT molecular complexity index is 1080. The highest BCUT2D eigenvalue weighted by atomic mass is 35.5. The molecule has 3 aromatic rings. The van der Waals surface area contributed by atoms with Crippen molar-refractivity contribution < 1.29 is 4.79 Å². The molecule has 8 heteroatoms. The maximum absolute atomic E-state index is 13.3. The van der Waals surface area contributed by atoms with Crippen LogP contribution in [0.4, 0.5) is 11.5 Å². The van der Waals surface area contributed by atoms with Gasteiger partial charge in [0.1, 0.15) is 17.8 Å². The number of carbonyl (C=O) groups excluding carboxylic acids is 1. The number of Topliss-reactive ketones (excluding diaryl/α,β-unsaturated/α-hetero) is 1. The van der Waals surface area contributed by atoms with Gasteiger partial charge in [0.25, 0.3) is 0 Å². The highest BCUT2D eigenvalue weighted by Gasteiger charge is 2.37. The van der Waals surface area contributed by atoms with Crippen LogP contribution in [0, 0.1) is 11.8 Å². The first kappa shape index (κ1) is 20.6. The van der Waals surface area contributed by atoms with E-state index in [0.29, 0.717) is 28.3 Å². The van der Waals surface area contributed by atoms with Gasteiger partial charge in [0, 0.05) is 41.4 Å². The van der Waals surface area contributed by atoms with Crippen molar-refractivity contribution >= 4 is 51.5 Å². The van der Waals surface area contributed by atoms with E-state index in [4.69, 9.17) is 23.2 Å². The van der Waals surface area contributed by atoms with Crippen molar-refractivity contribution in [1.82, 2.24) is 15.0 Å². The maximum atomic E-state index is 13.3. The predicted octanol–water partition coefficient (Wildman–Crippen LogP) is 5.33. The van der Waals surface area contributed by atoms with Gasteiger partial charge in [0.05, 0.1) is 11.4 Å². The van der Waals surface area contributed by atoms with Gasteiger partial charge in [-0.05, 0) is 61.8 Å². The Morgan fingerprint density at radius 2 is 2.00 bits per heavy atom. The van der Waals surface area contributed by atoms with Crippen molar-refractivity contribution in [2.45, 2.75) is 38.1 Å². The van der Waals surface area contributed by atoms with E-state index in [9.17, 15) is 4.79 Å². The predicted molar refractivity (Wildman–Crippen MR) is 125 cm³/mol. The van der Waals surface area contributed by atoms with Crippen LogP contribution in [0.15, 0.2) is 36.8 Å². The fourth-order valence-corrected chi connectivity index (χ4v) is 5.18. The topological polar surface area (TPSA) is 73.9 Å². The van der Waals surface area contributed by atoms with Gasteiger partial charge in [0.2, 0.25) is 0 Å². The van der Waals surface area contributed by atoms with Crippen LogP contribution in [-0.4, -0.2) is 39.9 Å². The van der Waals surface area contributed by atoms with Gasteiger partial charge in [-0.25, -0.2) is 9.97 Å². The average molecular weight is 458 g/mol. The first-order valence-corrected chi connectivity index (χ1v) is 11.6. The molecule has 2 aliphatic rings. The summed E-state index contributed by atoms with van der Waals surface area (Å²) in [5.74, 6) is 1.94. The van der Waals surface area contributed by atoms with Crippen LogP contribution in [0.5, 0.6) is 0 Å². The number of benzene rings is 1. The average Bonchev–Trinajstić information content (AvgIpc) is 3.46. The van der Waals surface area contributed by atoms with Crippen LogP contribution in [0.2, 0.25) is 10.0 Å². The van der Waals surface area contributed by atoms with Crippen LogP contribution in [-0.2, 0) is 4.79 Å². The van der Waals surface area contributed by atoms with Gasteiger partial charge in [-0.15, -0.1) is 0 Å².